The second kappa shape index (κ2) is 4.97. The number of para-hydroxylation sites is 2. The van der Waals surface area contributed by atoms with Gasteiger partial charge in [0.05, 0.1) is 10.6 Å². The molecular formula is C15H11N3O2. The van der Waals surface area contributed by atoms with Crippen LogP contribution < -0.4 is 0 Å². The Kier molecular flexibility index (Phi) is 3.01. The molecule has 98 valence electrons. The van der Waals surface area contributed by atoms with Crippen molar-refractivity contribution in [2.45, 2.75) is 0 Å². The summed E-state index contributed by atoms with van der Waals surface area (Å²) in [6.45, 7) is 0. The molecule has 0 N–H and O–H groups in total. The van der Waals surface area contributed by atoms with Crippen molar-refractivity contribution in [1.82, 2.24) is 9.78 Å². The first-order valence-corrected chi connectivity index (χ1v) is 6.10. The average Bonchev–Trinajstić information content (AvgIpc) is 2.98. The lowest BCUT2D eigenvalue weighted by Crippen LogP contribution is -2.00. The van der Waals surface area contributed by atoms with Crippen LogP contribution in [0.5, 0.6) is 0 Å². The zero-order valence-electron chi connectivity index (χ0n) is 10.5. The van der Waals surface area contributed by atoms with E-state index in [0.29, 0.717) is 5.69 Å². The Hall–Kier alpha value is -2.95. The van der Waals surface area contributed by atoms with Crippen molar-refractivity contribution < 1.29 is 4.92 Å². The lowest BCUT2D eigenvalue weighted by molar-refractivity contribution is -0.384. The van der Waals surface area contributed by atoms with Crippen LogP contribution in [0, 0.1) is 10.1 Å². The van der Waals surface area contributed by atoms with Gasteiger partial charge in [0.2, 0.25) is 0 Å². The number of nitro benzene ring substituents is 1. The predicted molar refractivity (Wildman–Crippen MR) is 75.7 cm³/mol. The molecule has 0 saturated carbocycles. The third-order valence-corrected chi connectivity index (χ3v) is 2.98. The third kappa shape index (κ3) is 2.16. The maximum Gasteiger partial charge on any atom is 0.294 e. The number of nitrogens with zero attached hydrogens (tertiary/aromatic N) is 3. The molecule has 0 atom stereocenters. The molecule has 0 aliphatic carbocycles. The van der Waals surface area contributed by atoms with Crippen LogP contribution in [0.25, 0.3) is 16.9 Å². The highest BCUT2D eigenvalue weighted by Crippen LogP contribution is 2.23. The lowest BCUT2D eigenvalue weighted by Gasteiger charge is -2.02. The molecular weight excluding hydrogens is 254 g/mol. The van der Waals surface area contributed by atoms with Gasteiger partial charge in [-0.3, -0.25) is 10.1 Å². The Labute approximate surface area is 115 Å². The minimum atomic E-state index is -0.404. The molecule has 0 bridgehead atoms. The maximum atomic E-state index is 11.0. The van der Waals surface area contributed by atoms with E-state index in [1.807, 2.05) is 36.4 Å². The SMILES string of the molecule is O=[N+]([O-])c1ccccc1-n1ccc(-c2ccccc2)n1. The first-order chi connectivity index (χ1) is 9.75. The van der Waals surface area contributed by atoms with Gasteiger partial charge < -0.3 is 0 Å². The molecule has 0 radical (unpaired) electrons. The van der Waals surface area contributed by atoms with Gasteiger partial charge in [-0.1, -0.05) is 42.5 Å². The van der Waals surface area contributed by atoms with E-state index in [-0.39, 0.29) is 5.69 Å². The van der Waals surface area contributed by atoms with E-state index in [4.69, 9.17) is 0 Å². The number of nitro groups is 1. The summed E-state index contributed by atoms with van der Waals surface area (Å²) in [5.41, 5.74) is 2.25. The monoisotopic (exact) mass is 265 g/mol. The second-order valence-corrected chi connectivity index (χ2v) is 4.26. The van der Waals surface area contributed by atoms with E-state index in [9.17, 15) is 10.1 Å². The summed E-state index contributed by atoms with van der Waals surface area (Å²) >= 11 is 0. The highest BCUT2D eigenvalue weighted by molar-refractivity contribution is 5.60. The molecule has 0 unspecified atom stereocenters. The zero-order valence-corrected chi connectivity index (χ0v) is 10.5. The summed E-state index contributed by atoms with van der Waals surface area (Å²) in [6.07, 6.45) is 1.73. The van der Waals surface area contributed by atoms with Gasteiger partial charge in [-0.15, -0.1) is 0 Å². The summed E-state index contributed by atoms with van der Waals surface area (Å²) in [5, 5.41) is 15.4. The Morgan fingerprint density at radius 3 is 2.40 bits per heavy atom. The van der Waals surface area contributed by atoms with Crippen LogP contribution in [0.2, 0.25) is 0 Å². The van der Waals surface area contributed by atoms with Crippen LogP contribution in [0.15, 0.2) is 66.9 Å². The number of hydrogen-bond acceptors (Lipinski definition) is 3. The summed E-state index contributed by atoms with van der Waals surface area (Å²) in [7, 11) is 0. The smallest absolute Gasteiger partial charge is 0.258 e. The molecule has 0 amide bonds. The number of rotatable bonds is 3. The Bertz CT molecular complexity index is 751. The average molecular weight is 265 g/mol. The van der Waals surface area contributed by atoms with Gasteiger partial charge >= 0.3 is 0 Å². The molecule has 0 saturated heterocycles. The van der Waals surface area contributed by atoms with Crippen LogP contribution in [-0.4, -0.2) is 14.7 Å². The molecule has 1 aromatic heterocycles. The van der Waals surface area contributed by atoms with Crippen LogP contribution in [0.3, 0.4) is 0 Å². The van der Waals surface area contributed by atoms with Crippen molar-refractivity contribution in [3.8, 4) is 16.9 Å². The van der Waals surface area contributed by atoms with Crippen molar-refractivity contribution in [3.63, 3.8) is 0 Å². The van der Waals surface area contributed by atoms with Crippen LogP contribution >= 0.6 is 0 Å². The van der Waals surface area contributed by atoms with Crippen molar-refractivity contribution in [3.05, 3.63) is 77.0 Å². The van der Waals surface area contributed by atoms with E-state index in [1.165, 1.54) is 10.7 Å². The molecule has 2 aromatic carbocycles. The molecule has 3 aromatic rings. The van der Waals surface area contributed by atoms with Gasteiger partial charge in [0, 0.05) is 17.8 Å². The van der Waals surface area contributed by atoms with Crippen molar-refractivity contribution in [2.75, 3.05) is 0 Å². The molecule has 1 heterocycles. The highest BCUT2D eigenvalue weighted by Gasteiger charge is 2.15. The van der Waals surface area contributed by atoms with Crippen molar-refractivity contribution in [1.29, 1.82) is 0 Å². The summed E-state index contributed by atoms with van der Waals surface area (Å²) < 4.78 is 1.53. The zero-order chi connectivity index (χ0) is 13.9. The van der Waals surface area contributed by atoms with Gasteiger partial charge in [-0.2, -0.15) is 5.10 Å². The fraction of sp³-hybridized carbons (Fsp3) is 0. The quantitative estimate of drug-likeness (QED) is 0.538. The maximum absolute atomic E-state index is 11.0. The second-order valence-electron chi connectivity index (χ2n) is 4.26. The summed E-state index contributed by atoms with van der Waals surface area (Å²) in [5.74, 6) is 0. The minimum Gasteiger partial charge on any atom is -0.258 e. The van der Waals surface area contributed by atoms with Crippen molar-refractivity contribution >= 4 is 5.69 Å². The van der Waals surface area contributed by atoms with E-state index in [1.54, 1.807) is 24.4 Å². The molecule has 5 heteroatoms. The Balaban J connectivity index is 2.05. The van der Waals surface area contributed by atoms with Gasteiger partial charge in [-0.25, -0.2) is 4.68 Å². The number of hydrogen-bond donors (Lipinski definition) is 0. The summed E-state index contributed by atoms with van der Waals surface area (Å²) in [4.78, 5) is 10.6. The van der Waals surface area contributed by atoms with Crippen LogP contribution in [0.4, 0.5) is 5.69 Å². The molecule has 5 nitrogen and oxygen atoms in total. The molecule has 0 aliphatic heterocycles. The molecule has 0 spiro atoms. The first kappa shape index (κ1) is 12.1. The number of aromatic nitrogens is 2. The van der Waals surface area contributed by atoms with E-state index < -0.39 is 4.92 Å². The molecule has 0 aliphatic rings. The van der Waals surface area contributed by atoms with Gasteiger partial charge in [0.25, 0.3) is 5.69 Å². The minimum absolute atomic E-state index is 0.0372. The van der Waals surface area contributed by atoms with Gasteiger partial charge in [0.15, 0.2) is 0 Å². The van der Waals surface area contributed by atoms with E-state index in [2.05, 4.69) is 5.10 Å². The fourth-order valence-electron chi connectivity index (χ4n) is 2.03. The van der Waals surface area contributed by atoms with Crippen molar-refractivity contribution in [2.24, 2.45) is 0 Å². The van der Waals surface area contributed by atoms with Crippen LogP contribution in [-0.2, 0) is 0 Å². The Morgan fingerprint density at radius 1 is 0.950 bits per heavy atom. The normalized spacial score (nSPS) is 10.4. The molecule has 3 rings (SSSR count). The fourth-order valence-corrected chi connectivity index (χ4v) is 2.03. The lowest BCUT2D eigenvalue weighted by atomic mass is 10.2. The van der Waals surface area contributed by atoms with E-state index in [0.717, 1.165) is 11.3 Å². The predicted octanol–water partition coefficient (Wildman–Crippen LogP) is 3.45. The summed E-state index contributed by atoms with van der Waals surface area (Å²) in [6, 6.07) is 18.1. The van der Waals surface area contributed by atoms with E-state index >= 15 is 0 Å². The highest BCUT2D eigenvalue weighted by atomic mass is 16.6. The standard InChI is InChI=1S/C15H11N3O2/c19-18(20)15-9-5-4-8-14(15)17-11-10-13(16-17)12-6-2-1-3-7-12/h1-11H. The number of benzene rings is 2. The molecule has 20 heavy (non-hydrogen) atoms. The topological polar surface area (TPSA) is 61.0 Å². The van der Waals surface area contributed by atoms with Crippen LogP contribution in [0.1, 0.15) is 0 Å². The largest absolute Gasteiger partial charge is 0.294 e. The Morgan fingerprint density at radius 2 is 1.65 bits per heavy atom. The molecule has 0 fully saturated rings. The first-order valence-electron chi connectivity index (χ1n) is 6.10. The van der Waals surface area contributed by atoms with Gasteiger partial charge in [-0.05, 0) is 12.1 Å². The third-order valence-electron chi connectivity index (χ3n) is 2.98. The van der Waals surface area contributed by atoms with Gasteiger partial charge in [0.1, 0.15) is 5.69 Å².